The highest BCUT2D eigenvalue weighted by molar-refractivity contribution is 6.30. The van der Waals surface area contributed by atoms with Gasteiger partial charge in [-0.3, -0.25) is 9.80 Å². The molecule has 1 atom stereocenters. The molecule has 2 heterocycles. The number of ether oxygens (including phenoxy) is 1. The topological polar surface area (TPSA) is 93.9 Å². The fourth-order valence-corrected chi connectivity index (χ4v) is 5.33. The lowest BCUT2D eigenvalue weighted by atomic mass is 9.77. The Bertz CT molecular complexity index is 1140. The molecule has 0 aromatic heterocycles. The lowest BCUT2D eigenvalue weighted by molar-refractivity contribution is -0.132. The van der Waals surface area contributed by atoms with Gasteiger partial charge in [-0.25, -0.2) is 9.59 Å². The van der Waals surface area contributed by atoms with Crippen LogP contribution in [-0.4, -0.2) is 65.5 Å². The molecule has 7 nitrogen and oxygen atoms in total. The highest BCUT2D eigenvalue weighted by atomic mass is 35.5. The summed E-state index contributed by atoms with van der Waals surface area (Å²) in [5.74, 6) is -0.711. The largest absolute Gasteiger partial charge is 0.478 e. The predicted molar refractivity (Wildman–Crippen MR) is 152 cm³/mol. The number of carboxylic acids is 1. The Morgan fingerprint density at radius 3 is 2.58 bits per heavy atom. The summed E-state index contributed by atoms with van der Waals surface area (Å²) < 4.78 is 5.61. The Hall–Kier alpha value is -2.90. The lowest BCUT2D eigenvalue weighted by Crippen LogP contribution is -2.54. The predicted octanol–water partition coefficient (Wildman–Crippen LogP) is 6.46. The number of carboxylic acid groups (broad SMARTS) is 1. The van der Waals surface area contributed by atoms with Gasteiger partial charge in [0.2, 0.25) is 0 Å². The summed E-state index contributed by atoms with van der Waals surface area (Å²) in [7, 11) is 0. The second-order valence-electron chi connectivity index (χ2n) is 10.8. The van der Waals surface area contributed by atoms with Gasteiger partial charge in [0.15, 0.2) is 0 Å². The van der Waals surface area contributed by atoms with E-state index in [1.807, 2.05) is 13.0 Å². The van der Waals surface area contributed by atoms with E-state index in [-0.39, 0.29) is 17.4 Å². The first-order chi connectivity index (χ1) is 17.9. The zero-order chi connectivity index (χ0) is 28.0. The number of likely N-dealkylation sites (tertiary alicyclic amines) is 1. The number of rotatable bonds is 9. The van der Waals surface area contributed by atoms with Crippen molar-refractivity contribution in [3.05, 3.63) is 70.0 Å². The quantitative estimate of drug-likeness (QED) is 0.198. The molecule has 2 fully saturated rings. The van der Waals surface area contributed by atoms with Gasteiger partial charge in [-0.2, -0.15) is 0 Å². The molecular weight excluding hydrogens is 502 g/mol. The maximum atomic E-state index is 12.6. The van der Waals surface area contributed by atoms with Crippen LogP contribution in [0.3, 0.4) is 0 Å². The summed E-state index contributed by atoms with van der Waals surface area (Å²) in [4.78, 5) is 27.9. The Labute approximate surface area is 231 Å². The molecule has 1 unspecified atom stereocenters. The SMILES string of the molecule is C=C(/C=C\C(C)=N)C1=C(CN2CCC3(CC2)COC(=O)N(/C(C)=C/C=C(\CC)C(=O)O)C3)C=C(Cl)C(C)C1. The number of nitrogens with zero attached hydrogens (tertiary/aromatic N) is 2. The van der Waals surface area contributed by atoms with Gasteiger partial charge in [0.1, 0.15) is 6.61 Å². The van der Waals surface area contributed by atoms with Crippen molar-refractivity contribution < 1.29 is 19.4 Å². The normalized spacial score (nSPS) is 23.1. The summed E-state index contributed by atoms with van der Waals surface area (Å²) in [6.45, 7) is 15.2. The van der Waals surface area contributed by atoms with Crippen LogP contribution in [0, 0.1) is 16.7 Å². The highest BCUT2D eigenvalue weighted by Gasteiger charge is 2.43. The van der Waals surface area contributed by atoms with E-state index >= 15 is 0 Å². The highest BCUT2D eigenvalue weighted by Crippen LogP contribution is 2.39. The molecule has 2 N–H and O–H groups in total. The van der Waals surface area contributed by atoms with Crippen LogP contribution >= 0.6 is 11.6 Å². The summed E-state index contributed by atoms with van der Waals surface area (Å²) in [6, 6.07) is 0. The van der Waals surface area contributed by atoms with Gasteiger partial charge in [0, 0.05) is 40.5 Å². The average molecular weight is 542 g/mol. The third-order valence-electron chi connectivity index (χ3n) is 7.74. The number of nitrogens with one attached hydrogen (secondary N) is 1. The number of carbonyl (C=O) groups excluding carboxylic acids is 1. The fraction of sp³-hybridized carbons (Fsp3) is 0.500. The molecule has 0 bridgehead atoms. The Kier molecular flexibility index (Phi) is 9.96. The molecule has 1 spiro atoms. The number of hydrogen-bond donors (Lipinski definition) is 2. The summed E-state index contributed by atoms with van der Waals surface area (Å²) >= 11 is 6.56. The molecule has 2 saturated heterocycles. The molecule has 2 aliphatic heterocycles. The zero-order valence-electron chi connectivity index (χ0n) is 23.0. The molecule has 0 aromatic carbocycles. The van der Waals surface area contributed by atoms with Crippen LogP contribution < -0.4 is 0 Å². The van der Waals surface area contributed by atoms with Crippen LogP contribution in [0.2, 0.25) is 0 Å². The van der Waals surface area contributed by atoms with E-state index in [9.17, 15) is 14.7 Å². The van der Waals surface area contributed by atoms with Crippen molar-refractivity contribution in [2.24, 2.45) is 11.3 Å². The number of carbonyl (C=O) groups is 2. The van der Waals surface area contributed by atoms with Crippen molar-refractivity contribution >= 4 is 29.4 Å². The second-order valence-corrected chi connectivity index (χ2v) is 11.2. The van der Waals surface area contributed by atoms with Gasteiger partial charge in [-0.15, -0.1) is 0 Å². The van der Waals surface area contributed by atoms with Crippen LogP contribution in [-0.2, 0) is 9.53 Å². The van der Waals surface area contributed by atoms with E-state index in [4.69, 9.17) is 21.7 Å². The monoisotopic (exact) mass is 541 g/mol. The summed E-state index contributed by atoms with van der Waals surface area (Å²) in [5, 5.41) is 17.8. The van der Waals surface area contributed by atoms with Crippen LogP contribution in [0.4, 0.5) is 4.79 Å². The van der Waals surface area contributed by atoms with E-state index in [0.717, 1.165) is 49.5 Å². The third kappa shape index (κ3) is 7.35. The number of halogens is 1. The molecule has 3 rings (SSSR count). The van der Waals surface area contributed by atoms with E-state index in [0.29, 0.717) is 36.6 Å². The first-order valence-corrected chi connectivity index (χ1v) is 13.6. The van der Waals surface area contributed by atoms with Crippen molar-refractivity contribution in [3.8, 4) is 0 Å². The molecule has 38 heavy (non-hydrogen) atoms. The minimum Gasteiger partial charge on any atom is -0.478 e. The molecule has 3 aliphatic rings. The molecule has 0 radical (unpaired) electrons. The standard InChI is InChI=1S/C30H40ClN3O4/c1-6-24(28(35)36)10-9-23(5)34-18-30(19-38-29(34)37)11-13-33(14-12-30)17-25-16-27(31)21(3)15-26(25)20(2)7-8-22(4)32/h7-10,16,21,32H,2,6,11-15,17-19H2,1,3-5H3,(H,35,36)/b8-7-,23-9+,24-10+,32-22?. The molecule has 1 aliphatic carbocycles. The summed E-state index contributed by atoms with van der Waals surface area (Å²) in [5.41, 5.74) is 4.62. The average Bonchev–Trinajstić information content (AvgIpc) is 2.87. The van der Waals surface area contributed by atoms with Gasteiger partial charge in [0.25, 0.3) is 0 Å². The van der Waals surface area contributed by atoms with Gasteiger partial charge < -0.3 is 15.3 Å². The molecule has 0 saturated carbocycles. The van der Waals surface area contributed by atoms with Crippen molar-refractivity contribution in [3.63, 3.8) is 0 Å². The second kappa shape index (κ2) is 12.8. The van der Waals surface area contributed by atoms with Crippen molar-refractivity contribution in [2.75, 3.05) is 32.8 Å². The van der Waals surface area contributed by atoms with Crippen LogP contribution in [0.15, 0.2) is 70.0 Å². The first kappa shape index (κ1) is 29.7. The van der Waals surface area contributed by atoms with Crippen molar-refractivity contribution in [1.82, 2.24) is 9.80 Å². The third-order valence-corrected chi connectivity index (χ3v) is 8.22. The van der Waals surface area contributed by atoms with Crippen LogP contribution in [0.25, 0.3) is 0 Å². The molecule has 0 aromatic rings. The Balaban J connectivity index is 1.71. The van der Waals surface area contributed by atoms with Crippen LogP contribution in [0.5, 0.6) is 0 Å². The van der Waals surface area contributed by atoms with Gasteiger partial charge in [0.05, 0.1) is 0 Å². The molecule has 8 heteroatoms. The van der Waals surface area contributed by atoms with E-state index < -0.39 is 5.97 Å². The van der Waals surface area contributed by atoms with Gasteiger partial charge >= 0.3 is 12.1 Å². The number of amides is 1. The van der Waals surface area contributed by atoms with Crippen LogP contribution in [0.1, 0.15) is 53.4 Å². The molecular formula is C30H40ClN3O4. The molecule has 1 amide bonds. The zero-order valence-corrected chi connectivity index (χ0v) is 23.7. The maximum Gasteiger partial charge on any atom is 0.414 e. The Morgan fingerprint density at radius 1 is 1.29 bits per heavy atom. The van der Waals surface area contributed by atoms with Gasteiger partial charge in [-0.1, -0.05) is 44.2 Å². The minimum atomic E-state index is -0.951. The first-order valence-electron chi connectivity index (χ1n) is 13.2. The number of allylic oxidation sites excluding steroid dienone is 8. The summed E-state index contributed by atoms with van der Waals surface area (Å²) in [6.07, 6.45) is 11.7. The van der Waals surface area contributed by atoms with E-state index in [1.54, 1.807) is 37.0 Å². The number of hydrogen-bond acceptors (Lipinski definition) is 5. The lowest BCUT2D eigenvalue weighted by Gasteiger charge is -2.47. The number of aliphatic carboxylic acids is 1. The number of piperidine rings is 1. The molecule has 206 valence electrons. The minimum absolute atomic E-state index is 0.136. The Morgan fingerprint density at radius 2 is 1.97 bits per heavy atom. The van der Waals surface area contributed by atoms with E-state index in [1.165, 1.54) is 11.1 Å². The van der Waals surface area contributed by atoms with Crippen molar-refractivity contribution in [2.45, 2.75) is 53.4 Å². The number of cyclic esters (lactones) is 1. The van der Waals surface area contributed by atoms with E-state index in [2.05, 4.69) is 24.5 Å². The smallest absolute Gasteiger partial charge is 0.414 e. The maximum absolute atomic E-state index is 12.6. The van der Waals surface area contributed by atoms with Gasteiger partial charge in [-0.05, 0) is 93.5 Å². The fourth-order valence-electron chi connectivity index (χ4n) is 5.12. The van der Waals surface area contributed by atoms with Crippen molar-refractivity contribution in [1.29, 1.82) is 5.41 Å².